The fourth-order valence-electron chi connectivity index (χ4n) is 2.57. The number of hydrogen-bond acceptors (Lipinski definition) is 6. The van der Waals surface area contributed by atoms with Gasteiger partial charge in [0, 0.05) is 16.8 Å². The third kappa shape index (κ3) is 4.73. The van der Waals surface area contributed by atoms with E-state index in [0.29, 0.717) is 11.4 Å². The van der Waals surface area contributed by atoms with Gasteiger partial charge in [0.25, 0.3) is 11.5 Å². The highest BCUT2D eigenvalue weighted by atomic mass is 35.5. The van der Waals surface area contributed by atoms with E-state index in [9.17, 15) is 19.7 Å². The summed E-state index contributed by atoms with van der Waals surface area (Å²) in [5.41, 5.74) is 3.02. The van der Waals surface area contributed by atoms with Gasteiger partial charge in [-0.3, -0.25) is 24.8 Å². The molecule has 2 aromatic carbocycles. The molecule has 1 amide bonds. The summed E-state index contributed by atoms with van der Waals surface area (Å²) < 4.78 is 6.53. The fraction of sp³-hybridized carbons (Fsp3) is 0.105. The molecule has 154 valence electrons. The standard InChI is InChI=1S/C19H16ClN5O5/c1-12-15(19(27)24(23-12)14-5-3-2-4-6-14)10-21-22-18(26)11-30-17-8-7-13(20)9-16(17)25(28)29/h2-10,23H,11H2,1H3,(H,22,26)/b21-10-. The van der Waals surface area contributed by atoms with Crippen LogP contribution < -0.4 is 15.7 Å². The third-order valence-electron chi connectivity index (χ3n) is 3.99. The van der Waals surface area contributed by atoms with Crippen LogP contribution in [-0.2, 0) is 4.79 Å². The maximum absolute atomic E-state index is 12.5. The van der Waals surface area contributed by atoms with Gasteiger partial charge in [0.05, 0.1) is 22.4 Å². The minimum absolute atomic E-state index is 0.101. The van der Waals surface area contributed by atoms with Crippen LogP contribution in [0.15, 0.2) is 58.4 Å². The first-order valence-corrected chi connectivity index (χ1v) is 9.00. The lowest BCUT2D eigenvalue weighted by Gasteiger charge is -2.05. The summed E-state index contributed by atoms with van der Waals surface area (Å²) in [6.45, 7) is 1.19. The Morgan fingerprint density at radius 3 is 2.77 bits per heavy atom. The zero-order valence-corrected chi connectivity index (χ0v) is 16.4. The molecule has 0 saturated carbocycles. The SMILES string of the molecule is Cc1[nH]n(-c2ccccc2)c(=O)c1/C=N\NC(=O)COc1ccc(Cl)cc1[N+](=O)[O-]. The molecule has 1 aromatic heterocycles. The molecule has 11 heteroatoms. The third-order valence-corrected chi connectivity index (χ3v) is 4.23. The number of nitro groups is 1. The Kier molecular flexibility index (Phi) is 6.28. The number of amides is 1. The molecule has 0 saturated heterocycles. The highest BCUT2D eigenvalue weighted by Gasteiger charge is 2.17. The van der Waals surface area contributed by atoms with E-state index in [-0.39, 0.29) is 27.6 Å². The van der Waals surface area contributed by atoms with Crippen LogP contribution in [0, 0.1) is 17.0 Å². The van der Waals surface area contributed by atoms with Crippen molar-refractivity contribution < 1.29 is 14.5 Å². The summed E-state index contributed by atoms with van der Waals surface area (Å²) >= 11 is 5.73. The van der Waals surface area contributed by atoms with E-state index >= 15 is 0 Å². The van der Waals surface area contributed by atoms with E-state index in [1.165, 1.54) is 23.0 Å². The van der Waals surface area contributed by atoms with Crippen molar-refractivity contribution in [3.8, 4) is 11.4 Å². The van der Waals surface area contributed by atoms with Crippen molar-refractivity contribution in [3.05, 3.63) is 85.3 Å². The molecule has 0 unspecified atom stereocenters. The van der Waals surface area contributed by atoms with Crippen LogP contribution in [0.25, 0.3) is 5.69 Å². The number of nitro benzene ring substituents is 1. The Morgan fingerprint density at radius 1 is 1.33 bits per heavy atom. The predicted molar refractivity (Wildman–Crippen MR) is 110 cm³/mol. The predicted octanol–water partition coefficient (Wildman–Crippen LogP) is 2.56. The van der Waals surface area contributed by atoms with Gasteiger partial charge >= 0.3 is 5.69 Å². The number of hydrazone groups is 1. The molecular formula is C19H16ClN5O5. The van der Waals surface area contributed by atoms with E-state index < -0.39 is 17.4 Å². The van der Waals surface area contributed by atoms with Gasteiger partial charge in [-0.1, -0.05) is 29.8 Å². The Balaban J connectivity index is 1.64. The van der Waals surface area contributed by atoms with Crippen molar-refractivity contribution in [2.24, 2.45) is 5.10 Å². The number of carbonyl (C=O) groups is 1. The molecule has 0 atom stereocenters. The van der Waals surface area contributed by atoms with Gasteiger partial charge in [0.15, 0.2) is 12.4 Å². The number of halogens is 1. The number of aryl methyl sites for hydroxylation is 1. The number of nitrogens with one attached hydrogen (secondary N) is 2. The minimum Gasteiger partial charge on any atom is -0.477 e. The largest absolute Gasteiger partial charge is 0.477 e. The normalized spacial score (nSPS) is 10.9. The number of aromatic amines is 1. The van der Waals surface area contributed by atoms with Gasteiger partial charge in [0.2, 0.25) is 0 Å². The van der Waals surface area contributed by atoms with Crippen LogP contribution in [-0.4, -0.2) is 33.4 Å². The van der Waals surface area contributed by atoms with Gasteiger partial charge in [-0.05, 0) is 31.2 Å². The van der Waals surface area contributed by atoms with Crippen LogP contribution in [0.2, 0.25) is 5.02 Å². The Morgan fingerprint density at radius 2 is 2.07 bits per heavy atom. The first-order valence-electron chi connectivity index (χ1n) is 8.62. The Bertz CT molecular complexity index is 1170. The van der Waals surface area contributed by atoms with Gasteiger partial charge < -0.3 is 4.74 Å². The summed E-state index contributed by atoms with van der Waals surface area (Å²) in [6, 6.07) is 12.8. The first-order chi connectivity index (χ1) is 14.4. The number of ether oxygens (including phenoxy) is 1. The van der Waals surface area contributed by atoms with Crippen LogP contribution >= 0.6 is 11.6 Å². The van der Waals surface area contributed by atoms with Gasteiger partial charge in [0.1, 0.15) is 0 Å². The molecule has 0 radical (unpaired) electrons. The molecular weight excluding hydrogens is 414 g/mol. The van der Waals surface area contributed by atoms with E-state index in [2.05, 4.69) is 15.6 Å². The molecule has 0 aliphatic carbocycles. The quantitative estimate of drug-likeness (QED) is 0.338. The van der Waals surface area contributed by atoms with E-state index in [4.69, 9.17) is 16.3 Å². The maximum Gasteiger partial charge on any atom is 0.312 e. The van der Waals surface area contributed by atoms with Crippen molar-refractivity contribution in [3.63, 3.8) is 0 Å². The topological polar surface area (TPSA) is 132 Å². The zero-order valence-electron chi connectivity index (χ0n) is 15.7. The number of hydrogen-bond donors (Lipinski definition) is 2. The number of H-pyrrole nitrogens is 1. The number of carbonyl (C=O) groups excluding carboxylic acids is 1. The minimum atomic E-state index is -0.663. The average molecular weight is 430 g/mol. The van der Waals surface area contributed by atoms with Crippen molar-refractivity contribution in [1.82, 2.24) is 15.2 Å². The zero-order chi connectivity index (χ0) is 21.7. The summed E-state index contributed by atoms with van der Waals surface area (Å²) in [5, 5.41) is 17.9. The smallest absolute Gasteiger partial charge is 0.312 e. The van der Waals surface area contributed by atoms with Gasteiger partial charge in [-0.25, -0.2) is 10.1 Å². The molecule has 10 nitrogen and oxygen atoms in total. The molecule has 3 rings (SSSR count). The van der Waals surface area contributed by atoms with Crippen molar-refractivity contribution in [2.45, 2.75) is 6.92 Å². The summed E-state index contributed by atoms with van der Waals surface area (Å²) in [5.74, 6) is -0.761. The second kappa shape index (κ2) is 9.05. The second-order valence-electron chi connectivity index (χ2n) is 6.08. The van der Waals surface area contributed by atoms with Gasteiger partial charge in [-0.15, -0.1) is 0 Å². The Hall–Kier alpha value is -3.92. The number of benzene rings is 2. The summed E-state index contributed by atoms with van der Waals surface area (Å²) in [6.07, 6.45) is 1.22. The molecule has 1 heterocycles. The second-order valence-corrected chi connectivity index (χ2v) is 6.51. The molecule has 30 heavy (non-hydrogen) atoms. The molecule has 2 N–H and O–H groups in total. The van der Waals surface area contributed by atoms with Crippen LogP contribution in [0.4, 0.5) is 5.69 Å². The van der Waals surface area contributed by atoms with E-state index in [0.717, 1.165) is 6.07 Å². The lowest BCUT2D eigenvalue weighted by Crippen LogP contribution is -2.25. The molecule has 0 aliphatic heterocycles. The molecule has 0 spiro atoms. The van der Waals surface area contributed by atoms with Crippen LogP contribution in [0.5, 0.6) is 5.75 Å². The summed E-state index contributed by atoms with van der Waals surface area (Å²) in [7, 11) is 0. The molecule has 0 aliphatic rings. The monoisotopic (exact) mass is 429 g/mol. The number of para-hydroxylation sites is 1. The lowest BCUT2D eigenvalue weighted by atomic mass is 10.3. The molecule has 0 bridgehead atoms. The summed E-state index contributed by atoms with van der Waals surface area (Å²) in [4.78, 5) is 34.8. The number of aromatic nitrogens is 2. The fourth-order valence-corrected chi connectivity index (χ4v) is 2.74. The number of nitrogens with zero attached hydrogens (tertiary/aromatic N) is 3. The van der Waals surface area contributed by atoms with E-state index in [1.807, 2.05) is 6.07 Å². The van der Waals surface area contributed by atoms with Crippen molar-refractivity contribution >= 4 is 29.4 Å². The molecule has 0 fully saturated rings. The Labute approximate surface area is 174 Å². The van der Waals surface area contributed by atoms with Crippen LogP contribution in [0.3, 0.4) is 0 Å². The molecule has 3 aromatic rings. The van der Waals surface area contributed by atoms with E-state index in [1.54, 1.807) is 31.2 Å². The average Bonchev–Trinajstić information content (AvgIpc) is 3.01. The first kappa shape index (κ1) is 20.8. The van der Waals surface area contributed by atoms with Gasteiger partial charge in [-0.2, -0.15) is 5.10 Å². The van der Waals surface area contributed by atoms with Crippen LogP contribution in [0.1, 0.15) is 11.3 Å². The highest BCUT2D eigenvalue weighted by Crippen LogP contribution is 2.29. The van der Waals surface area contributed by atoms with Crippen molar-refractivity contribution in [1.29, 1.82) is 0 Å². The number of rotatable bonds is 7. The van der Waals surface area contributed by atoms with Crippen molar-refractivity contribution in [2.75, 3.05) is 6.61 Å². The maximum atomic E-state index is 12.5. The lowest BCUT2D eigenvalue weighted by molar-refractivity contribution is -0.385. The highest BCUT2D eigenvalue weighted by molar-refractivity contribution is 6.30.